The van der Waals surface area contributed by atoms with Crippen LogP contribution in [0.2, 0.25) is 0 Å². The average molecular weight is 352 g/mol. The number of carboxylic acids is 1. The minimum Gasteiger partial charge on any atom is -0.478 e. The Kier molecular flexibility index (Phi) is 5.09. The van der Waals surface area contributed by atoms with Gasteiger partial charge in [-0.1, -0.05) is 42.5 Å². The van der Waals surface area contributed by atoms with Crippen molar-refractivity contribution in [1.29, 1.82) is 0 Å². The van der Waals surface area contributed by atoms with E-state index in [0.717, 1.165) is 37.1 Å². The van der Waals surface area contributed by atoms with Crippen LogP contribution in [0.5, 0.6) is 0 Å². The molecule has 0 radical (unpaired) electrons. The predicted molar refractivity (Wildman–Crippen MR) is 101 cm³/mol. The number of hydrogen-bond donors (Lipinski definition) is 2. The van der Waals surface area contributed by atoms with Gasteiger partial charge in [0.2, 0.25) is 5.91 Å². The monoisotopic (exact) mass is 352 g/mol. The Hall–Kier alpha value is -2.66. The van der Waals surface area contributed by atoms with E-state index in [4.69, 9.17) is 5.73 Å². The van der Waals surface area contributed by atoms with Crippen molar-refractivity contribution in [2.75, 3.05) is 13.1 Å². The van der Waals surface area contributed by atoms with E-state index in [9.17, 15) is 14.7 Å². The quantitative estimate of drug-likeness (QED) is 0.866. The molecule has 1 amide bonds. The summed E-state index contributed by atoms with van der Waals surface area (Å²) in [6.07, 6.45) is 1.80. The lowest BCUT2D eigenvalue weighted by atomic mass is 9.81. The van der Waals surface area contributed by atoms with Gasteiger partial charge in [-0.2, -0.15) is 0 Å². The van der Waals surface area contributed by atoms with E-state index in [1.807, 2.05) is 43.3 Å². The predicted octanol–water partition coefficient (Wildman–Crippen LogP) is 3.14. The molecular formula is C21H24N2O3. The lowest BCUT2D eigenvalue weighted by Gasteiger charge is -2.38. The number of carboxylic acid groups (broad SMARTS) is 1. The van der Waals surface area contributed by atoms with Gasteiger partial charge in [0, 0.05) is 13.1 Å². The van der Waals surface area contributed by atoms with Gasteiger partial charge in [0.05, 0.1) is 11.0 Å². The number of aromatic carboxylic acids is 1. The molecule has 0 bridgehead atoms. The maximum atomic E-state index is 11.7. The van der Waals surface area contributed by atoms with Crippen molar-refractivity contribution < 1.29 is 14.7 Å². The lowest BCUT2D eigenvalue weighted by molar-refractivity contribution is -0.129. The van der Waals surface area contributed by atoms with Gasteiger partial charge < -0.3 is 10.8 Å². The highest BCUT2D eigenvalue weighted by Crippen LogP contribution is 2.30. The Morgan fingerprint density at radius 1 is 1.15 bits per heavy atom. The highest BCUT2D eigenvalue weighted by Gasteiger charge is 2.35. The highest BCUT2D eigenvalue weighted by atomic mass is 16.4. The topological polar surface area (TPSA) is 83.6 Å². The summed E-state index contributed by atoms with van der Waals surface area (Å²) >= 11 is 0. The highest BCUT2D eigenvalue weighted by molar-refractivity contribution is 5.96. The second-order valence-corrected chi connectivity index (χ2v) is 7.29. The molecule has 1 aliphatic rings. The number of carbonyl (C=O) groups is 2. The van der Waals surface area contributed by atoms with Gasteiger partial charge >= 0.3 is 5.97 Å². The molecule has 0 aromatic heterocycles. The van der Waals surface area contributed by atoms with Crippen molar-refractivity contribution in [3.05, 3.63) is 59.7 Å². The maximum absolute atomic E-state index is 11.7. The van der Waals surface area contributed by atoms with Crippen LogP contribution < -0.4 is 5.73 Å². The maximum Gasteiger partial charge on any atom is 0.336 e. The van der Waals surface area contributed by atoms with Crippen molar-refractivity contribution in [3.63, 3.8) is 0 Å². The minimum atomic E-state index is -0.927. The molecule has 3 rings (SSSR count). The summed E-state index contributed by atoms with van der Waals surface area (Å²) in [5.74, 6) is -1.16. The Balaban J connectivity index is 1.75. The third-order valence-electron chi connectivity index (χ3n) is 5.20. The smallest absolute Gasteiger partial charge is 0.336 e. The number of nitrogens with two attached hydrogens (primary N) is 1. The molecule has 0 spiro atoms. The van der Waals surface area contributed by atoms with E-state index < -0.39 is 11.4 Å². The third-order valence-corrected chi connectivity index (χ3v) is 5.20. The lowest BCUT2D eigenvalue weighted by Crippen LogP contribution is -2.48. The number of hydrogen-bond acceptors (Lipinski definition) is 3. The van der Waals surface area contributed by atoms with Crippen LogP contribution in [0, 0.1) is 5.41 Å². The molecule has 1 saturated heterocycles. The third kappa shape index (κ3) is 3.78. The molecule has 5 heteroatoms. The zero-order valence-electron chi connectivity index (χ0n) is 14.9. The second-order valence-electron chi connectivity index (χ2n) is 7.29. The Bertz CT molecular complexity index is 816. The van der Waals surface area contributed by atoms with Crippen LogP contribution in [0.4, 0.5) is 0 Å². The molecule has 2 aromatic rings. The van der Waals surface area contributed by atoms with Crippen LogP contribution in [0.3, 0.4) is 0 Å². The zero-order valence-corrected chi connectivity index (χ0v) is 14.9. The van der Waals surface area contributed by atoms with Gasteiger partial charge in [-0.25, -0.2) is 4.79 Å². The Morgan fingerprint density at radius 2 is 1.85 bits per heavy atom. The molecule has 3 N–H and O–H groups in total. The molecule has 5 nitrogen and oxygen atoms in total. The van der Waals surface area contributed by atoms with Crippen LogP contribution in [0.1, 0.15) is 35.7 Å². The summed E-state index contributed by atoms with van der Waals surface area (Å²) in [4.78, 5) is 25.4. The van der Waals surface area contributed by atoms with Crippen LogP contribution in [-0.2, 0) is 11.3 Å². The van der Waals surface area contributed by atoms with Crippen molar-refractivity contribution in [1.82, 2.24) is 4.90 Å². The van der Waals surface area contributed by atoms with Gasteiger partial charge in [0.15, 0.2) is 0 Å². The van der Waals surface area contributed by atoms with Gasteiger partial charge in [0.1, 0.15) is 0 Å². The zero-order chi connectivity index (χ0) is 18.7. The van der Waals surface area contributed by atoms with Crippen LogP contribution in [-0.4, -0.2) is 35.0 Å². The van der Waals surface area contributed by atoms with Crippen molar-refractivity contribution in [2.24, 2.45) is 11.1 Å². The van der Waals surface area contributed by atoms with E-state index in [1.54, 1.807) is 12.1 Å². The van der Waals surface area contributed by atoms with Crippen LogP contribution in [0.25, 0.3) is 11.1 Å². The van der Waals surface area contributed by atoms with Gasteiger partial charge in [-0.3, -0.25) is 9.69 Å². The number of piperidine rings is 1. The Morgan fingerprint density at radius 3 is 2.50 bits per heavy atom. The summed E-state index contributed by atoms with van der Waals surface area (Å²) in [6.45, 7) is 4.32. The summed E-state index contributed by atoms with van der Waals surface area (Å²) in [5, 5.41) is 9.35. The van der Waals surface area contributed by atoms with Crippen molar-refractivity contribution >= 4 is 11.9 Å². The first-order valence-electron chi connectivity index (χ1n) is 8.83. The SMILES string of the molecule is CC1(C(N)=O)CCCN(Cc2ccc(-c3ccccc3C(=O)O)cc2)C1. The van der Waals surface area contributed by atoms with E-state index in [2.05, 4.69) is 4.90 Å². The summed E-state index contributed by atoms with van der Waals surface area (Å²) < 4.78 is 0. The van der Waals surface area contributed by atoms with E-state index >= 15 is 0 Å². The fourth-order valence-electron chi connectivity index (χ4n) is 3.65. The molecule has 0 saturated carbocycles. The number of rotatable bonds is 5. The molecular weight excluding hydrogens is 328 g/mol. The fraction of sp³-hybridized carbons (Fsp3) is 0.333. The standard InChI is InChI=1S/C21H24N2O3/c1-21(20(22)26)11-4-12-23(14-21)13-15-7-9-16(10-8-15)17-5-2-3-6-18(17)19(24)25/h2-3,5-10H,4,11-14H2,1H3,(H2,22,26)(H,24,25). The second kappa shape index (κ2) is 7.30. The summed E-state index contributed by atoms with van der Waals surface area (Å²) in [6, 6.07) is 14.9. The van der Waals surface area contributed by atoms with Gasteiger partial charge in [-0.15, -0.1) is 0 Å². The average Bonchev–Trinajstić information content (AvgIpc) is 2.62. The first kappa shape index (κ1) is 18.1. The molecule has 26 heavy (non-hydrogen) atoms. The number of likely N-dealkylation sites (tertiary alicyclic amines) is 1. The largest absolute Gasteiger partial charge is 0.478 e. The summed E-state index contributed by atoms with van der Waals surface area (Å²) in [5.41, 5.74) is 8.14. The molecule has 136 valence electrons. The minimum absolute atomic E-state index is 0.233. The van der Waals surface area contributed by atoms with Crippen LogP contribution >= 0.6 is 0 Å². The number of carbonyl (C=O) groups excluding carboxylic acids is 1. The fourth-order valence-corrected chi connectivity index (χ4v) is 3.65. The van der Waals surface area contributed by atoms with Gasteiger partial charge in [0.25, 0.3) is 0 Å². The molecule has 1 fully saturated rings. The first-order chi connectivity index (χ1) is 12.4. The normalized spacial score (nSPS) is 20.7. The van der Waals surface area contributed by atoms with Gasteiger partial charge in [-0.05, 0) is 49.1 Å². The number of nitrogens with zero attached hydrogens (tertiary/aromatic N) is 1. The number of benzene rings is 2. The van der Waals surface area contributed by atoms with Crippen molar-refractivity contribution in [3.8, 4) is 11.1 Å². The van der Waals surface area contributed by atoms with Crippen LogP contribution in [0.15, 0.2) is 48.5 Å². The molecule has 0 aliphatic carbocycles. The molecule has 1 heterocycles. The van der Waals surface area contributed by atoms with E-state index in [1.165, 1.54) is 0 Å². The first-order valence-corrected chi connectivity index (χ1v) is 8.83. The molecule has 2 aromatic carbocycles. The number of amides is 1. The molecule has 1 aliphatic heterocycles. The molecule has 1 unspecified atom stereocenters. The number of primary amides is 1. The summed E-state index contributed by atoms with van der Waals surface area (Å²) in [7, 11) is 0. The molecule has 1 atom stereocenters. The van der Waals surface area contributed by atoms with E-state index in [0.29, 0.717) is 17.7 Å². The van der Waals surface area contributed by atoms with Crippen molar-refractivity contribution in [2.45, 2.75) is 26.3 Å². The van der Waals surface area contributed by atoms with E-state index in [-0.39, 0.29) is 5.91 Å². The Labute approximate surface area is 153 Å².